The maximum atomic E-state index is 13.5. The number of benzene rings is 2. The van der Waals surface area contributed by atoms with Crippen molar-refractivity contribution in [2.75, 3.05) is 25.5 Å². The van der Waals surface area contributed by atoms with Gasteiger partial charge in [-0.2, -0.15) is 17.5 Å². The van der Waals surface area contributed by atoms with Crippen molar-refractivity contribution in [1.29, 1.82) is 0 Å². The highest BCUT2D eigenvalue weighted by molar-refractivity contribution is 7.89. The van der Waals surface area contributed by atoms with Gasteiger partial charge in [0, 0.05) is 18.8 Å². The number of carbonyl (C=O) groups is 1. The molecule has 2 aromatic carbocycles. The van der Waals surface area contributed by atoms with Crippen LogP contribution in [-0.2, 0) is 21.0 Å². The van der Waals surface area contributed by atoms with E-state index in [2.05, 4.69) is 5.32 Å². The molecule has 1 heterocycles. The lowest BCUT2D eigenvalue weighted by molar-refractivity contribution is -0.140. The van der Waals surface area contributed by atoms with Crippen LogP contribution in [0.1, 0.15) is 18.4 Å². The molecular formula is C20H19ClF4N2O4S. The fourth-order valence-corrected chi connectivity index (χ4v) is 5.27. The Morgan fingerprint density at radius 3 is 2.56 bits per heavy atom. The van der Waals surface area contributed by atoms with Crippen LogP contribution in [0.5, 0.6) is 5.75 Å². The van der Waals surface area contributed by atoms with Crippen LogP contribution in [0.2, 0.25) is 5.02 Å². The average molecular weight is 495 g/mol. The van der Waals surface area contributed by atoms with E-state index in [1.807, 2.05) is 0 Å². The standard InChI is InChI=1S/C20H19ClF4N2O4S/c1-31-18-7-5-14(10-16(18)21)32(29,30)27-8-2-3-12(11-27)19(28)26-13-4-6-17(22)15(9-13)20(23,24)25/h4-7,9-10,12H,2-3,8,11H2,1H3,(H,26,28). The number of methoxy groups -OCH3 is 1. The van der Waals surface area contributed by atoms with Gasteiger partial charge in [0.1, 0.15) is 11.6 Å². The Morgan fingerprint density at radius 1 is 1.22 bits per heavy atom. The van der Waals surface area contributed by atoms with Gasteiger partial charge in [-0.1, -0.05) is 11.6 Å². The van der Waals surface area contributed by atoms with Crippen molar-refractivity contribution in [2.24, 2.45) is 5.92 Å². The summed E-state index contributed by atoms with van der Waals surface area (Å²) in [6, 6.07) is 6.13. The Morgan fingerprint density at radius 2 is 1.94 bits per heavy atom. The van der Waals surface area contributed by atoms with Crippen LogP contribution in [0.4, 0.5) is 23.2 Å². The predicted octanol–water partition coefficient (Wildman–Crippen LogP) is 4.55. The lowest BCUT2D eigenvalue weighted by Crippen LogP contribution is -2.43. The first-order valence-corrected chi connectivity index (χ1v) is 11.3. The Hall–Kier alpha value is -2.37. The minimum absolute atomic E-state index is 0.0716. The van der Waals surface area contributed by atoms with Crippen molar-refractivity contribution in [3.63, 3.8) is 0 Å². The van der Waals surface area contributed by atoms with Gasteiger partial charge in [-0.15, -0.1) is 0 Å². The van der Waals surface area contributed by atoms with Gasteiger partial charge in [0.2, 0.25) is 15.9 Å². The van der Waals surface area contributed by atoms with Crippen molar-refractivity contribution < 1.29 is 35.5 Å². The first-order valence-electron chi connectivity index (χ1n) is 9.45. The molecule has 1 amide bonds. The number of nitrogens with one attached hydrogen (secondary N) is 1. The summed E-state index contributed by atoms with van der Waals surface area (Å²) in [5.41, 5.74) is -1.73. The lowest BCUT2D eigenvalue weighted by Gasteiger charge is -2.31. The number of piperidine rings is 1. The fraction of sp³-hybridized carbons (Fsp3) is 0.350. The van der Waals surface area contributed by atoms with Gasteiger partial charge >= 0.3 is 6.18 Å². The summed E-state index contributed by atoms with van der Waals surface area (Å²) < 4.78 is 84.3. The van der Waals surface area contributed by atoms with E-state index in [0.717, 1.165) is 10.4 Å². The molecule has 1 unspecified atom stereocenters. The summed E-state index contributed by atoms with van der Waals surface area (Å²) in [6.45, 7) is 0.00959. The predicted molar refractivity (Wildman–Crippen MR) is 110 cm³/mol. The maximum Gasteiger partial charge on any atom is 0.419 e. The van der Waals surface area contributed by atoms with Gasteiger partial charge in [-0.3, -0.25) is 4.79 Å². The number of sulfonamides is 1. The highest BCUT2D eigenvalue weighted by Crippen LogP contribution is 2.34. The van der Waals surface area contributed by atoms with E-state index in [0.29, 0.717) is 30.7 Å². The smallest absolute Gasteiger partial charge is 0.419 e. The first-order chi connectivity index (χ1) is 14.9. The van der Waals surface area contributed by atoms with Crippen LogP contribution in [0.15, 0.2) is 41.3 Å². The average Bonchev–Trinajstić information content (AvgIpc) is 2.74. The van der Waals surface area contributed by atoms with Crippen LogP contribution in [-0.4, -0.2) is 38.8 Å². The number of amides is 1. The molecule has 1 aliphatic heterocycles. The Bertz CT molecular complexity index is 1130. The molecule has 3 rings (SSSR count). The van der Waals surface area contributed by atoms with E-state index in [9.17, 15) is 30.8 Å². The number of rotatable bonds is 5. The number of alkyl halides is 3. The van der Waals surface area contributed by atoms with Gasteiger partial charge in [-0.25, -0.2) is 12.8 Å². The van der Waals surface area contributed by atoms with Crippen molar-refractivity contribution in [2.45, 2.75) is 23.9 Å². The summed E-state index contributed by atoms with van der Waals surface area (Å²) in [4.78, 5) is 12.5. The molecule has 0 aromatic heterocycles. The molecule has 32 heavy (non-hydrogen) atoms. The Labute approximate surface area is 187 Å². The van der Waals surface area contributed by atoms with E-state index < -0.39 is 39.4 Å². The SMILES string of the molecule is COc1ccc(S(=O)(=O)N2CCCC(C(=O)Nc3ccc(F)c(C(F)(F)F)c3)C2)cc1Cl. The fourth-order valence-electron chi connectivity index (χ4n) is 3.40. The van der Waals surface area contributed by atoms with Crippen LogP contribution in [0.25, 0.3) is 0 Å². The molecule has 2 aromatic rings. The van der Waals surface area contributed by atoms with E-state index in [4.69, 9.17) is 16.3 Å². The largest absolute Gasteiger partial charge is 0.495 e. The van der Waals surface area contributed by atoms with Crippen LogP contribution in [0.3, 0.4) is 0 Å². The molecule has 0 bridgehead atoms. The quantitative estimate of drug-likeness (QED) is 0.619. The van der Waals surface area contributed by atoms with Crippen molar-refractivity contribution >= 4 is 33.2 Å². The van der Waals surface area contributed by atoms with Crippen LogP contribution >= 0.6 is 11.6 Å². The molecule has 6 nitrogen and oxygen atoms in total. The molecule has 1 atom stereocenters. The normalized spacial score (nSPS) is 17.8. The molecule has 1 N–H and O–H groups in total. The van der Waals surface area contributed by atoms with Crippen LogP contribution < -0.4 is 10.1 Å². The zero-order chi connectivity index (χ0) is 23.7. The van der Waals surface area contributed by atoms with Gasteiger partial charge in [-0.05, 0) is 49.2 Å². The Kier molecular flexibility index (Phi) is 7.01. The van der Waals surface area contributed by atoms with Crippen molar-refractivity contribution in [1.82, 2.24) is 4.31 Å². The molecule has 0 radical (unpaired) electrons. The zero-order valence-electron chi connectivity index (χ0n) is 16.7. The summed E-state index contributed by atoms with van der Waals surface area (Å²) in [5, 5.41) is 2.43. The summed E-state index contributed by atoms with van der Waals surface area (Å²) in [7, 11) is -2.57. The third kappa shape index (κ3) is 5.16. The number of anilines is 1. The molecule has 1 aliphatic rings. The zero-order valence-corrected chi connectivity index (χ0v) is 18.3. The van der Waals surface area contributed by atoms with Gasteiger partial charge in [0.05, 0.1) is 28.5 Å². The molecule has 0 saturated carbocycles. The van der Waals surface area contributed by atoms with E-state index in [-0.39, 0.29) is 28.7 Å². The van der Waals surface area contributed by atoms with Crippen LogP contribution in [0, 0.1) is 11.7 Å². The van der Waals surface area contributed by atoms with Crippen molar-refractivity contribution in [3.8, 4) is 5.75 Å². The Balaban J connectivity index is 1.76. The molecular weight excluding hydrogens is 476 g/mol. The van der Waals surface area contributed by atoms with Gasteiger partial charge < -0.3 is 10.1 Å². The first kappa shape index (κ1) is 24.3. The second-order valence-corrected chi connectivity index (χ2v) is 9.53. The number of hydrogen-bond acceptors (Lipinski definition) is 4. The minimum atomic E-state index is -4.92. The summed E-state index contributed by atoms with van der Waals surface area (Å²) in [6.07, 6.45) is -4.20. The molecule has 12 heteroatoms. The van der Waals surface area contributed by atoms with Crippen molar-refractivity contribution in [3.05, 3.63) is 52.8 Å². The summed E-state index contributed by atoms with van der Waals surface area (Å²) >= 11 is 6.02. The molecule has 0 aliphatic carbocycles. The number of nitrogens with zero attached hydrogens (tertiary/aromatic N) is 1. The van der Waals surface area contributed by atoms with E-state index in [1.54, 1.807) is 0 Å². The monoisotopic (exact) mass is 494 g/mol. The molecule has 0 spiro atoms. The third-order valence-electron chi connectivity index (χ3n) is 5.06. The summed E-state index contributed by atoms with van der Waals surface area (Å²) in [5.74, 6) is -2.60. The second kappa shape index (κ2) is 9.24. The van der Waals surface area contributed by atoms with Gasteiger partial charge in [0.25, 0.3) is 0 Å². The number of hydrogen-bond donors (Lipinski definition) is 1. The highest BCUT2D eigenvalue weighted by atomic mass is 35.5. The third-order valence-corrected chi connectivity index (χ3v) is 7.21. The highest BCUT2D eigenvalue weighted by Gasteiger charge is 2.36. The molecule has 1 fully saturated rings. The van der Waals surface area contributed by atoms with E-state index >= 15 is 0 Å². The van der Waals surface area contributed by atoms with E-state index in [1.165, 1.54) is 25.3 Å². The second-order valence-electron chi connectivity index (χ2n) is 7.18. The number of carbonyl (C=O) groups excluding carboxylic acids is 1. The molecule has 1 saturated heterocycles. The topological polar surface area (TPSA) is 75.7 Å². The minimum Gasteiger partial charge on any atom is -0.495 e. The number of halogens is 5. The number of ether oxygens (including phenoxy) is 1. The maximum absolute atomic E-state index is 13.5. The molecule has 174 valence electrons. The van der Waals surface area contributed by atoms with Gasteiger partial charge in [0.15, 0.2) is 0 Å². The lowest BCUT2D eigenvalue weighted by atomic mass is 9.98.